The third-order valence-corrected chi connectivity index (χ3v) is 4.77. The number of carbonyl (C=O) groups excluding carboxylic acids is 4. The highest BCUT2D eigenvalue weighted by atomic mass is 16.5. The van der Waals surface area contributed by atoms with E-state index in [2.05, 4.69) is 0 Å². The molecule has 1 aliphatic carbocycles. The molecule has 0 aromatic heterocycles. The Kier molecular flexibility index (Phi) is 3.62. The number of esters is 1. The molecule has 2 aliphatic rings. The standard InChI is InChI=1S/C20H15NO6/c1-9(22)27-19-16-10(6-11-13(23)4-5-14(24)17(11)19)7-15(26-3)18-12(16)8-21(2)20(18)25/h4-7H,8H2,1-3H3. The molecule has 0 bridgehead atoms. The third kappa shape index (κ3) is 2.35. The van der Waals surface area contributed by atoms with E-state index in [0.29, 0.717) is 27.6 Å². The van der Waals surface area contributed by atoms with Crippen molar-refractivity contribution in [3.05, 3.63) is 46.5 Å². The molecule has 4 rings (SSSR count). The number of carbonyl (C=O) groups is 4. The highest BCUT2D eigenvalue weighted by molar-refractivity contribution is 6.26. The number of amides is 1. The topological polar surface area (TPSA) is 90.0 Å². The van der Waals surface area contributed by atoms with Crippen molar-refractivity contribution in [1.82, 2.24) is 4.90 Å². The smallest absolute Gasteiger partial charge is 0.308 e. The molecule has 2 aromatic carbocycles. The van der Waals surface area contributed by atoms with Crippen LogP contribution in [0.4, 0.5) is 0 Å². The van der Waals surface area contributed by atoms with Crippen LogP contribution in [0.25, 0.3) is 10.8 Å². The molecule has 0 unspecified atom stereocenters. The molecule has 2 aromatic rings. The van der Waals surface area contributed by atoms with Crippen LogP contribution in [0.15, 0.2) is 24.3 Å². The highest BCUT2D eigenvalue weighted by Crippen LogP contribution is 2.44. The summed E-state index contributed by atoms with van der Waals surface area (Å²) in [5.41, 5.74) is 1.17. The predicted molar refractivity (Wildman–Crippen MR) is 95.4 cm³/mol. The first kappa shape index (κ1) is 17.0. The van der Waals surface area contributed by atoms with E-state index in [-0.39, 0.29) is 35.1 Å². The number of fused-ring (bicyclic) bond motifs is 4. The van der Waals surface area contributed by atoms with E-state index in [1.807, 2.05) is 0 Å². The Morgan fingerprint density at radius 1 is 1.07 bits per heavy atom. The van der Waals surface area contributed by atoms with Gasteiger partial charge in [0.25, 0.3) is 5.91 Å². The zero-order chi connectivity index (χ0) is 19.5. The van der Waals surface area contributed by atoms with E-state index in [4.69, 9.17) is 9.47 Å². The maximum absolute atomic E-state index is 12.6. The Morgan fingerprint density at radius 3 is 2.44 bits per heavy atom. The lowest BCUT2D eigenvalue weighted by Crippen LogP contribution is -2.17. The van der Waals surface area contributed by atoms with Crippen molar-refractivity contribution < 1.29 is 28.7 Å². The Morgan fingerprint density at radius 2 is 1.78 bits per heavy atom. The van der Waals surface area contributed by atoms with Gasteiger partial charge in [0.2, 0.25) is 0 Å². The van der Waals surface area contributed by atoms with E-state index < -0.39 is 11.8 Å². The first-order chi connectivity index (χ1) is 12.8. The quantitative estimate of drug-likeness (QED) is 0.599. The van der Waals surface area contributed by atoms with Gasteiger partial charge in [-0.15, -0.1) is 0 Å². The second-order valence-corrected chi connectivity index (χ2v) is 6.48. The molecule has 0 saturated heterocycles. The molecule has 0 radical (unpaired) electrons. The zero-order valence-corrected chi connectivity index (χ0v) is 14.9. The van der Waals surface area contributed by atoms with Gasteiger partial charge in [-0.3, -0.25) is 19.2 Å². The molecule has 0 N–H and O–H groups in total. The lowest BCUT2D eigenvalue weighted by atomic mass is 9.88. The van der Waals surface area contributed by atoms with E-state index >= 15 is 0 Å². The SMILES string of the molecule is COc1cc2cc3c(c(OC(C)=O)c2c2c1C(=O)N(C)C2)C(=O)C=CC3=O. The minimum Gasteiger partial charge on any atom is -0.496 e. The fourth-order valence-electron chi connectivity index (χ4n) is 3.65. The molecule has 7 heteroatoms. The van der Waals surface area contributed by atoms with Crippen LogP contribution in [0, 0.1) is 0 Å². The van der Waals surface area contributed by atoms with Crippen molar-refractivity contribution in [2.75, 3.05) is 14.2 Å². The number of nitrogens with zero attached hydrogens (tertiary/aromatic N) is 1. The van der Waals surface area contributed by atoms with Gasteiger partial charge in [0.1, 0.15) is 5.75 Å². The maximum Gasteiger partial charge on any atom is 0.308 e. The lowest BCUT2D eigenvalue weighted by Gasteiger charge is -2.19. The zero-order valence-electron chi connectivity index (χ0n) is 14.9. The third-order valence-electron chi connectivity index (χ3n) is 4.77. The molecule has 0 spiro atoms. The second-order valence-electron chi connectivity index (χ2n) is 6.48. The van der Waals surface area contributed by atoms with Crippen LogP contribution >= 0.6 is 0 Å². The molecular weight excluding hydrogens is 350 g/mol. The average Bonchev–Trinajstić information content (AvgIpc) is 2.91. The molecular formula is C20H15NO6. The average molecular weight is 365 g/mol. The fourth-order valence-corrected chi connectivity index (χ4v) is 3.65. The first-order valence-electron chi connectivity index (χ1n) is 8.24. The monoisotopic (exact) mass is 365 g/mol. The summed E-state index contributed by atoms with van der Waals surface area (Å²) in [6, 6.07) is 3.20. The van der Waals surface area contributed by atoms with Gasteiger partial charge in [-0.05, 0) is 35.2 Å². The molecule has 1 heterocycles. The Bertz CT molecular complexity index is 1110. The van der Waals surface area contributed by atoms with Gasteiger partial charge >= 0.3 is 5.97 Å². The Balaban J connectivity index is 2.19. The maximum atomic E-state index is 12.6. The van der Waals surface area contributed by atoms with Crippen LogP contribution in [0.1, 0.15) is 43.6 Å². The number of benzene rings is 2. The summed E-state index contributed by atoms with van der Waals surface area (Å²) >= 11 is 0. The van der Waals surface area contributed by atoms with E-state index in [0.717, 1.165) is 6.08 Å². The minimum absolute atomic E-state index is 0.0136. The van der Waals surface area contributed by atoms with Gasteiger partial charge in [0, 0.05) is 31.5 Å². The number of rotatable bonds is 2. The molecule has 0 atom stereocenters. The summed E-state index contributed by atoms with van der Waals surface area (Å²) in [7, 11) is 3.10. The molecule has 1 amide bonds. The van der Waals surface area contributed by atoms with Crippen molar-refractivity contribution in [2.45, 2.75) is 13.5 Å². The molecule has 27 heavy (non-hydrogen) atoms. The molecule has 1 aliphatic heterocycles. The van der Waals surface area contributed by atoms with Gasteiger partial charge in [0.15, 0.2) is 17.3 Å². The highest BCUT2D eigenvalue weighted by Gasteiger charge is 2.35. The fraction of sp³-hybridized carbons (Fsp3) is 0.200. The van der Waals surface area contributed by atoms with Crippen molar-refractivity contribution >= 4 is 34.2 Å². The Labute approximate surface area is 154 Å². The predicted octanol–water partition coefficient (Wildman–Crippen LogP) is 2.29. The number of hydrogen-bond acceptors (Lipinski definition) is 6. The number of ketones is 2. The number of ether oxygens (including phenoxy) is 2. The van der Waals surface area contributed by atoms with Crippen molar-refractivity contribution in [3.63, 3.8) is 0 Å². The van der Waals surface area contributed by atoms with Crippen LogP contribution in [0.2, 0.25) is 0 Å². The van der Waals surface area contributed by atoms with Crippen LogP contribution in [0.3, 0.4) is 0 Å². The van der Waals surface area contributed by atoms with Gasteiger partial charge in [-0.1, -0.05) is 0 Å². The largest absolute Gasteiger partial charge is 0.496 e. The summed E-state index contributed by atoms with van der Waals surface area (Å²) < 4.78 is 10.8. The molecule has 7 nitrogen and oxygen atoms in total. The summed E-state index contributed by atoms with van der Waals surface area (Å²) in [4.78, 5) is 50.6. The lowest BCUT2D eigenvalue weighted by molar-refractivity contribution is -0.131. The van der Waals surface area contributed by atoms with E-state index in [1.54, 1.807) is 19.2 Å². The molecule has 136 valence electrons. The summed E-state index contributed by atoms with van der Waals surface area (Å²) in [6.07, 6.45) is 2.35. The van der Waals surface area contributed by atoms with Crippen LogP contribution in [-0.2, 0) is 11.3 Å². The number of methoxy groups -OCH3 is 1. The summed E-state index contributed by atoms with van der Waals surface area (Å²) in [6.45, 7) is 1.49. The molecule has 0 saturated carbocycles. The van der Waals surface area contributed by atoms with Gasteiger partial charge in [-0.25, -0.2) is 0 Å². The van der Waals surface area contributed by atoms with E-state index in [9.17, 15) is 19.2 Å². The Hall–Kier alpha value is -3.48. The van der Waals surface area contributed by atoms with Gasteiger partial charge in [0.05, 0.1) is 18.2 Å². The second kappa shape index (κ2) is 5.77. The normalized spacial score (nSPS) is 15.2. The van der Waals surface area contributed by atoms with Gasteiger partial charge in [-0.2, -0.15) is 0 Å². The van der Waals surface area contributed by atoms with E-state index in [1.165, 1.54) is 25.0 Å². The summed E-state index contributed by atoms with van der Waals surface area (Å²) in [5.74, 6) is -1.25. The van der Waals surface area contributed by atoms with Crippen molar-refractivity contribution in [1.29, 1.82) is 0 Å². The van der Waals surface area contributed by atoms with Crippen LogP contribution < -0.4 is 9.47 Å². The minimum atomic E-state index is -0.623. The summed E-state index contributed by atoms with van der Waals surface area (Å²) in [5, 5.41) is 1.02. The van der Waals surface area contributed by atoms with Crippen molar-refractivity contribution in [3.8, 4) is 11.5 Å². The number of allylic oxidation sites excluding steroid dienone is 2. The van der Waals surface area contributed by atoms with Crippen LogP contribution in [0.5, 0.6) is 11.5 Å². The van der Waals surface area contributed by atoms with Crippen molar-refractivity contribution in [2.24, 2.45) is 0 Å². The number of hydrogen-bond donors (Lipinski definition) is 0. The first-order valence-corrected chi connectivity index (χ1v) is 8.24. The van der Waals surface area contributed by atoms with Gasteiger partial charge < -0.3 is 14.4 Å². The van der Waals surface area contributed by atoms with Crippen LogP contribution in [-0.4, -0.2) is 42.5 Å². The molecule has 0 fully saturated rings.